The van der Waals surface area contributed by atoms with Crippen LogP contribution in [0.5, 0.6) is 5.75 Å². The second-order valence-electron chi connectivity index (χ2n) is 6.53. The number of ether oxygens (including phenoxy) is 2. The fourth-order valence-corrected chi connectivity index (χ4v) is 3.01. The third-order valence-electron chi connectivity index (χ3n) is 4.46. The zero-order chi connectivity index (χ0) is 23.4. The van der Waals surface area contributed by atoms with Gasteiger partial charge in [-0.3, -0.25) is 9.48 Å². The molecule has 33 heavy (non-hydrogen) atoms. The summed E-state index contributed by atoms with van der Waals surface area (Å²) >= 11 is 0. The van der Waals surface area contributed by atoms with E-state index in [9.17, 15) is 9.59 Å². The Morgan fingerprint density at radius 3 is 2.70 bits per heavy atom. The normalized spacial score (nSPS) is 10.5. The Morgan fingerprint density at radius 1 is 1.15 bits per heavy atom. The highest BCUT2D eigenvalue weighted by atomic mass is 16.5. The minimum Gasteiger partial charge on any atom is -0.494 e. The van der Waals surface area contributed by atoms with Gasteiger partial charge in [-0.1, -0.05) is 6.07 Å². The number of benzene rings is 1. The third-order valence-corrected chi connectivity index (χ3v) is 4.46. The molecule has 13 nitrogen and oxygen atoms in total. The number of hydrogen-bond acceptors (Lipinski definition) is 11. The summed E-state index contributed by atoms with van der Waals surface area (Å²) in [5, 5.41) is 17.6. The van der Waals surface area contributed by atoms with Gasteiger partial charge in [0.15, 0.2) is 11.6 Å². The van der Waals surface area contributed by atoms with Gasteiger partial charge in [0, 0.05) is 19.3 Å². The van der Waals surface area contributed by atoms with Crippen molar-refractivity contribution in [3.05, 3.63) is 42.7 Å². The molecule has 0 radical (unpaired) electrons. The fraction of sp³-hybridized carbons (Fsp3) is 0.150. The van der Waals surface area contributed by atoms with Gasteiger partial charge in [0.25, 0.3) is 5.89 Å². The van der Waals surface area contributed by atoms with Crippen LogP contribution in [-0.4, -0.2) is 56.5 Å². The number of hydrogen-bond donors (Lipinski definition) is 2. The molecular formula is C20H18N8O5. The van der Waals surface area contributed by atoms with Gasteiger partial charge in [-0.2, -0.15) is 5.10 Å². The largest absolute Gasteiger partial charge is 0.494 e. The van der Waals surface area contributed by atoms with Gasteiger partial charge < -0.3 is 24.5 Å². The van der Waals surface area contributed by atoms with Crippen LogP contribution in [0, 0.1) is 0 Å². The summed E-state index contributed by atoms with van der Waals surface area (Å²) in [7, 11) is 4.50. The predicted molar refractivity (Wildman–Crippen MR) is 115 cm³/mol. The third kappa shape index (κ3) is 4.32. The number of rotatable bonds is 8. The van der Waals surface area contributed by atoms with Gasteiger partial charge in [0.05, 0.1) is 36.7 Å². The van der Waals surface area contributed by atoms with Crippen molar-refractivity contribution in [2.45, 2.75) is 0 Å². The van der Waals surface area contributed by atoms with Crippen LogP contribution in [0.1, 0.15) is 10.7 Å². The highest BCUT2D eigenvalue weighted by Gasteiger charge is 2.21. The molecule has 2 N–H and O–H groups in total. The lowest BCUT2D eigenvalue weighted by Crippen LogP contribution is -2.02. The van der Waals surface area contributed by atoms with E-state index in [4.69, 9.17) is 9.15 Å². The summed E-state index contributed by atoms with van der Waals surface area (Å²) < 4.78 is 17.3. The van der Waals surface area contributed by atoms with Crippen LogP contribution in [-0.2, 0) is 16.6 Å². The quantitative estimate of drug-likeness (QED) is 0.299. The van der Waals surface area contributed by atoms with Crippen molar-refractivity contribution in [1.82, 2.24) is 29.9 Å². The van der Waals surface area contributed by atoms with E-state index >= 15 is 0 Å². The lowest BCUT2D eigenvalue weighted by molar-refractivity contribution is -0.105. The van der Waals surface area contributed by atoms with E-state index in [2.05, 4.69) is 40.6 Å². The monoisotopic (exact) mass is 450 g/mol. The maximum absolute atomic E-state index is 11.7. The van der Waals surface area contributed by atoms with Gasteiger partial charge in [0.1, 0.15) is 12.1 Å². The molecule has 4 aromatic rings. The number of methoxy groups -OCH3 is 2. The molecular weight excluding hydrogens is 432 g/mol. The number of carbonyl (C=O) groups is 2. The fourth-order valence-electron chi connectivity index (χ4n) is 3.01. The molecule has 0 unspecified atom stereocenters. The highest BCUT2D eigenvalue weighted by Crippen LogP contribution is 2.38. The van der Waals surface area contributed by atoms with Crippen LogP contribution in [0.25, 0.3) is 22.8 Å². The van der Waals surface area contributed by atoms with E-state index in [0.29, 0.717) is 40.5 Å². The Balaban J connectivity index is 1.79. The number of aromatic nitrogens is 6. The molecule has 3 heterocycles. The van der Waals surface area contributed by atoms with Crippen LogP contribution >= 0.6 is 0 Å². The maximum Gasteiger partial charge on any atom is 0.396 e. The molecule has 1 amide bonds. The van der Waals surface area contributed by atoms with Crippen LogP contribution in [0.2, 0.25) is 0 Å². The number of nitrogens with one attached hydrogen (secondary N) is 2. The Hall–Kier alpha value is -4.81. The summed E-state index contributed by atoms with van der Waals surface area (Å²) in [5.74, 6) is 0.171. The lowest BCUT2D eigenvalue weighted by atomic mass is 10.1. The minimum absolute atomic E-state index is 0.0181. The molecule has 4 rings (SSSR count). The van der Waals surface area contributed by atoms with Gasteiger partial charge >= 0.3 is 11.9 Å². The standard InChI is InChI=1S/C20H18N8O5/c1-28-9-22-17(27-28)11-5-4-6-13(16(11)31-2)24-14-7-15(23-10-29)21-8-12(14)18-25-26-19(33-18)20(30)32-3/h4-10H,1-3H3,(H2,21,23,24,29). The second kappa shape index (κ2) is 9.13. The maximum atomic E-state index is 11.7. The molecule has 3 aromatic heterocycles. The van der Waals surface area contributed by atoms with Crippen molar-refractivity contribution in [3.8, 4) is 28.6 Å². The number of pyridine rings is 1. The van der Waals surface area contributed by atoms with Crippen molar-refractivity contribution in [2.75, 3.05) is 24.9 Å². The zero-order valence-electron chi connectivity index (χ0n) is 17.8. The van der Waals surface area contributed by atoms with Crippen molar-refractivity contribution in [1.29, 1.82) is 0 Å². The summed E-state index contributed by atoms with van der Waals surface area (Å²) in [4.78, 5) is 31.0. The topological polar surface area (TPSA) is 159 Å². The molecule has 0 saturated heterocycles. The van der Waals surface area contributed by atoms with E-state index in [1.807, 2.05) is 12.1 Å². The van der Waals surface area contributed by atoms with Crippen molar-refractivity contribution in [2.24, 2.45) is 7.05 Å². The van der Waals surface area contributed by atoms with Crippen LogP contribution in [0.4, 0.5) is 17.2 Å². The molecule has 0 atom stereocenters. The number of carbonyl (C=O) groups excluding carboxylic acids is 2. The van der Waals surface area contributed by atoms with Crippen LogP contribution < -0.4 is 15.4 Å². The molecule has 0 aliphatic heterocycles. The Labute approximate surface area is 186 Å². The number of anilines is 3. The first-order valence-electron chi connectivity index (χ1n) is 9.46. The van der Waals surface area contributed by atoms with Crippen molar-refractivity contribution in [3.63, 3.8) is 0 Å². The molecule has 0 aliphatic rings. The molecule has 0 spiro atoms. The average Bonchev–Trinajstić information content (AvgIpc) is 3.48. The Kier molecular flexibility index (Phi) is 5.93. The summed E-state index contributed by atoms with van der Waals surface area (Å²) in [5.41, 5.74) is 2.05. The number of aryl methyl sites for hydroxylation is 1. The first kappa shape index (κ1) is 21.4. The first-order valence-corrected chi connectivity index (χ1v) is 9.46. The molecule has 0 fully saturated rings. The molecule has 13 heteroatoms. The van der Waals surface area contributed by atoms with Crippen molar-refractivity contribution < 1.29 is 23.5 Å². The van der Waals surface area contributed by atoms with E-state index in [1.165, 1.54) is 20.4 Å². The molecule has 1 aromatic carbocycles. The highest BCUT2D eigenvalue weighted by molar-refractivity contribution is 5.86. The smallest absolute Gasteiger partial charge is 0.396 e. The lowest BCUT2D eigenvalue weighted by Gasteiger charge is -2.16. The molecule has 0 aliphatic carbocycles. The SMILES string of the molecule is COC(=O)c1nnc(-c2cnc(NC=O)cc2Nc2cccc(-c3ncn(C)n3)c2OC)o1. The molecule has 168 valence electrons. The predicted octanol–water partition coefficient (Wildman–Crippen LogP) is 2.03. The summed E-state index contributed by atoms with van der Waals surface area (Å²) in [6.45, 7) is 0. The van der Waals surface area contributed by atoms with Gasteiger partial charge in [-0.05, 0) is 12.1 Å². The van der Waals surface area contributed by atoms with E-state index in [-0.39, 0.29) is 17.6 Å². The summed E-state index contributed by atoms with van der Waals surface area (Å²) in [6, 6.07) is 6.99. The number of amides is 1. The van der Waals surface area contributed by atoms with Crippen LogP contribution in [0.3, 0.4) is 0 Å². The molecule has 0 bridgehead atoms. The number of nitrogens with zero attached hydrogens (tertiary/aromatic N) is 6. The Bertz CT molecular complexity index is 1320. The second-order valence-corrected chi connectivity index (χ2v) is 6.53. The molecule has 0 saturated carbocycles. The average molecular weight is 450 g/mol. The zero-order valence-corrected chi connectivity index (χ0v) is 17.8. The van der Waals surface area contributed by atoms with E-state index < -0.39 is 5.97 Å². The number of esters is 1. The van der Waals surface area contributed by atoms with Crippen LogP contribution in [0.15, 0.2) is 41.2 Å². The Morgan fingerprint density at radius 2 is 2.00 bits per heavy atom. The van der Waals surface area contributed by atoms with Gasteiger partial charge in [-0.15, -0.1) is 10.2 Å². The first-order chi connectivity index (χ1) is 16.0. The van der Waals surface area contributed by atoms with E-state index in [1.54, 1.807) is 30.2 Å². The van der Waals surface area contributed by atoms with Gasteiger partial charge in [0.2, 0.25) is 6.41 Å². The van der Waals surface area contributed by atoms with E-state index in [0.717, 1.165) is 0 Å². The summed E-state index contributed by atoms with van der Waals surface area (Å²) in [6.07, 6.45) is 3.50. The number of para-hydroxylation sites is 1. The minimum atomic E-state index is -0.771. The van der Waals surface area contributed by atoms with Gasteiger partial charge in [-0.25, -0.2) is 14.8 Å². The van der Waals surface area contributed by atoms with Crippen molar-refractivity contribution >= 4 is 29.6 Å².